The second-order valence-corrected chi connectivity index (χ2v) is 4.63. The first-order valence-corrected chi connectivity index (χ1v) is 6.52. The normalized spacial score (nSPS) is 10.3. The van der Waals surface area contributed by atoms with E-state index in [1.54, 1.807) is 12.4 Å². The Morgan fingerprint density at radius 1 is 1.17 bits per heavy atom. The zero-order chi connectivity index (χ0) is 12.8. The maximum absolute atomic E-state index is 8.68. The maximum Gasteiger partial charge on any atom is 0.222 e. The van der Waals surface area contributed by atoms with Gasteiger partial charge in [-0.1, -0.05) is 34.1 Å². The minimum atomic E-state index is 0.169. The van der Waals surface area contributed by atoms with E-state index < -0.39 is 0 Å². The van der Waals surface area contributed by atoms with Crippen LogP contribution in [0.4, 0.5) is 5.95 Å². The van der Waals surface area contributed by atoms with E-state index in [1.807, 2.05) is 24.3 Å². The molecule has 1 aromatic heterocycles. The van der Waals surface area contributed by atoms with Crippen LogP contribution in [0.5, 0.6) is 0 Å². The highest BCUT2D eigenvalue weighted by Crippen LogP contribution is 2.26. The van der Waals surface area contributed by atoms with Crippen molar-refractivity contribution in [2.24, 2.45) is 0 Å². The van der Waals surface area contributed by atoms with E-state index in [4.69, 9.17) is 5.11 Å². The largest absolute Gasteiger partial charge is 0.396 e. The monoisotopic (exact) mass is 307 g/mol. The van der Waals surface area contributed by atoms with Crippen LogP contribution in [0.25, 0.3) is 11.1 Å². The van der Waals surface area contributed by atoms with Gasteiger partial charge in [-0.2, -0.15) is 0 Å². The van der Waals surface area contributed by atoms with Gasteiger partial charge in [0.15, 0.2) is 0 Å². The van der Waals surface area contributed by atoms with E-state index in [1.165, 1.54) is 0 Å². The van der Waals surface area contributed by atoms with Crippen LogP contribution < -0.4 is 5.32 Å². The topological polar surface area (TPSA) is 58.0 Å². The molecule has 2 N–H and O–H groups in total. The summed E-state index contributed by atoms with van der Waals surface area (Å²) in [4.78, 5) is 8.49. The highest BCUT2D eigenvalue weighted by molar-refractivity contribution is 9.10. The van der Waals surface area contributed by atoms with Crippen molar-refractivity contribution in [1.29, 1.82) is 0 Å². The number of rotatable bonds is 5. The molecule has 0 saturated heterocycles. The van der Waals surface area contributed by atoms with Gasteiger partial charge in [-0.25, -0.2) is 9.97 Å². The number of aromatic nitrogens is 2. The van der Waals surface area contributed by atoms with E-state index in [0.717, 1.165) is 15.6 Å². The van der Waals surface area contributed by atoms with Crippen molar-refractivity contribution in [3.8, 4) is 11.1 Å². The Morgan fingerprint density at radius 3 is 2.56 bits per heavy atom. The second-order valence-electron chi connectivity index (χ2n) is 3.78. The Kier molecular flexibility index (Phi) is 4.66. The Bertz CT molecular complexity index is 502. The van der Waals surface area contributed by atoms with Crippen LogP contribution in [0.1, 0.15) is 6.42 Å². The van der Waals surface area contributed by atoms with Crippen LogP contribution in [0.3, 0.4) is 0 Å². The number of benzene rings is 1. The number of anilines is 1. The van der Waals surface area contributed by atoms with Gasteiger partial charge in [0.1, 0.15) is 0 Å². The van der Waals surface area contributed by atoms with Crippen molar-refractivity contribution in [2.45, 2.75) is 6.42 Å². The van der Waals surface area contributed by atoms with E-state index in [0.29, 0.717) is 18.9 Å². The fraction of sp³-hybridized carbons (Fsp3) is 0.231. The lowest BCUT2D eigenvalue weighted by Gasteiger charge is -2.06. The molecule has 0 amide bonds. The lowest BCUT2D eigenvalue weighted by molar-refractivity contribution is 0.292. The molecule has 1 heterocycles. The molecule has 0 radical (unpaired) electrons. The standard InChI is InChI=1S/C13H14BrN3O/c14-12-5-2-1-4-11(12)10-8-16-13(17-9-10)15-6-3-7-18/h1-2,4-5,8-9,18H,3,6-7H2,(H,15,16,17). The van der Waals surface area contributed by atoms with Gasteiger partial charge in [0, 0.05) is 35.6 Å². The maximum atomic E-state index is 8.68. The average molecular weight is 308 g/mol. The van der Waals surface area contributed by atoms with Crippen LogP contribution in [0.15, 0.2) is 41.1 Å². The van der Waals surface area contributed by atoms with E-state index >= 15 is 0 Å². The highest BCUT2D eigenvalue weighted by atomic mass is 79.9. The molecular formula is C13H14BrN3O. The number of nitrogens with zero attached hydrogens (tertiary/aromatic N) is 2. The lowest BCUT2D eigenvalue weighted by atomic mass is 10.1. The Morgan fingerprint density at radius 2 is 1.89 bits per heavy atom. The van der Waals surface area contributed by atoms with Crippen LogP contribution in [0, 0.1) is 0 Å². The first-order chi connectivity index (χ1) is 8.81. The third-order valence-corrected chi connectivity index (χ3v) is 3.15. The third-order valence-electron chi connectivity index (χ3n) is 2.45. The molecule has 4 nitrogen and oxygen atoms in total. The van der Waals surface area contributed by atoms with Gasteiger partial charge in [-0.3, -0.25) is 0 Å². The molecule has 0 spiro atoms. The van der Waals surface area contributed by atoms with E-state index in [2.05, 4.69) is 31.2 Å². The van der Waals surface area contributed by atoms with Crippen LogP contribution in [-0.2, 0) is 0 Å². The van der Waals surface area contributed by atoms with Gasteiger partial charge in [0.25, 0.3) is 0 Å². The number of hydrogen-bond donors (Lipinski definition) is 2. The molecular weight excluding hydrogens is 294 g/mol. The summed E-state index contributed by atoms with van der Waals surface area (Å²) in [7, 11) is 0. The molecule has 0 aliphatic rings. The predicted octanol–water partition coefficient (Wildman–Crippen LogP) is 2.70. The quantitative estimate of drug-likeness (QED) is 0.834. The number of nitrogens with one attached hydrogen (secondary N) is 1. The number of hydrogen-bond acceptors (Lipinski definition) is 4. The van der Waals surface area contributed by atoms with Gasteiger partial charge in [-0.05, 0) is 18.1 Å². The Hall–Kier alpha value is -1.46. The Labute approximate surface area is 114 Å². The molecule has 2 aromatic rings. The fourth-order valence-corrected chi connectivity index (χ4v) is 2.05. The van der Waals surface area contributed by atoms with Crippen LogP contribution >= 0.6 is 15.9 Å². The van der Waals surface area contributed by atoms with E-state index in [-0.39, 0.29) is 6.61 Å². The minimum absolute atomic E-state index is 0.169. The fourth-order valence-electron chi connectivity index (χ4n) is 1.53. The van der Waals surface area contributed by atoms with Gasteiger partial charge in [0.2, 0.25) is 5.95 Å². The van der Waals surface area contributed by atoms with Gasteiger partial charge in [-0.15, -0.1) is 0 Å². The van der Waals surface area contributed by atoms with Crippen LogP contribution in [0.2, 0.25) is 0 Å². The van der Waals surface area contributed by atoms with Gasteiger partial charge < -0.3 is 10.4 Å². The SMILES string of the molecule is OCCCNc1ncc(-c2ccccc2Br)cn1. The summed E-state index contributed by atoms with van der Waals surface area (Å²) in [5.74, 6) is 0.583. The summed E-state index contributed by atoms with van der Waals surface area (Å²) in [5, 5.41) is 11.7. The molecule has 94 valence electrons. The summed E-state index contributed by atoms with van der Waals surface area (Å²) < 4.78 is 1.02. The third kappa shape index (κ3) is 3.27. The average Bonchev–Trinajstić information content (AvgIpc) is 2.41. The van der Waals surface area contributed by atoms with Crippen molar-refractivity contribution in [2.75, 3.05) is 18.5 Å². The van der Waals surface area contributed by atoms with Crippen molar-refractivity contribution in [1.82, 2.24) is 9.97 Å². The van der Waals surface area contributed by atoms with E-state index in [9.17, 15) is 0 Å². The van der Waals surface area contributed by atoms with Crippen LogP contribution in [-0.4, -0.2) is 28.2 Å². The van der Waals surface area contributed by atoms with Crippen molar-refractivity contribution < 1.29 is 5.11 Å². The first kappa shape index (κ1) is 13.0. The molecule has 0 atom stereocenters. The number of aliphatic hydroxyl groups excluding tert-OH is 1. The minimum Gasteiger partial charge on any atom is -0.396 e. The van der Waals surface area contributed by atoms with Crippen molar-refractivity contribution >= 4 is 21.9 Å². The molecule has 0 aliphatic carbocycles. The second kappa shape index (κ2) is 6.47. The summed E-state index contributed by atoms with van der Waals surface area (Å²) in [6.45, 7) is 0.840. The smallest absolute Gasteiger partial charge is 0.222 e. The molecule has 2 rings (SSSR count). The van der Waals surface area contributed by atoms with Crippen molar-refractivity contribution in [3.63, 3.8) is 0 Å². The molecule has 0 bridgehead atoms. The molecule has 0 fully saturated rings. The highest BCUT2D eigenvalue weighted by Gasteiger charge is 2.03. The summed E-state index contributed by atoms with van der Waals surface area (Å²) in [5.41, 5.74) is 2.04. The molecule has 18 heavy (non-hydrogen) atoms. The van der Waals surface area contributed by atoms with Crippen molar-refractivity contribution in [3.05, 3.63) is 41.1 Å². The first-order valence-electron chi connectivity index (χ1n) is 5.73. The number of aliphatic hydroxyl groups is 1. The molecule has 5 heteroatoms. The zero-order valence-electron chi connectivity index (χ0n) is 9.81. The lowest BCUT2D eigenvalue weighted by Crippen LogP contribution is -2.06. The van der Waals surface area contributed by atoms with Gasteiger partial charge >= 0.3 is 0 Å². The Balaban J connectivity index is 2.10. The molecule has 0 unspecified atom stereocenters. The predicted molar refractivity (Wildman–Crippen MR) is 75.4 cm³/mol. The summed E-state index contributed by atoms with van der Waals surface area (Å²) in [6.07, 6.45) is 4.26. The summed E-state index contributed by atoms with van der Waals surface area (Å²) >= 11 is 3.50. The molecule has 1 aromatic carbocycles. The van der Waals surface area contributed by atoms with Gasteiger partial charge in [0.05, 0.1) is 0 Å². The summed E-state index contributed by atoms with van der Waals surface area (Å²) in [6, 6.07) is 7.96. The molecule has 0 saturated carbocycles. The number of halogens is 1. The zero-order valence-corrected chi connectivity index (χ0v) is 11.4. The molecule has 0 aliphatic heterocycles.